The Morgan fingerprint density at radius 3 is 2.40 bits per heavy atom. The van der Waals surface area contributed by atoms with E-state index in [1.54, 1.807) is 0 Å². The molecule has 0 bridgehead atoms. The van der Waals surface area contributed by atoms with Crippen molar-refractivity contribution in [1.82, 2.24) is 9.89 Å². The smallest absolute Gasteiger partial charge is 0.339 e. The fourth-order valence-corrected chi connectivity index (χ4v) is 10.7. The molecule has 9 nitrogen and oxygen atoms in total. The summed E-state index contributed by atoms with van der Waals surface area (Å²) < 4.78 is 70.5. The van der Waals surface area contributed by atoms with Crippen LogP contribution in [0.3, 0.4) is 0 Å². The highest BCUT2D eigenvalue weighted by atomic mass is 35.5. The van der Waals surface area contributed by atoms with Gasteiger partial charge in [-0.2, -0.15) is 0 Å². The average Bonchev–Trinajstić information content (AvgIpc) is 3.59. The van der Waals surface area contributed by atoms with Crippen molar-refractivity contribution in [3.63, 3.8) is 0 Å². The normalized spacial score (nSPS) is 16.6. The summed E-state index contributed by atoms with van der Waals surface area (Å²) in [6, 6.07) is 3.95. The number of alkyl halides is 1. The molecule has 8 rings (SSSR count). The van der Waals surface area contributed by atoms with Crippen molar-refractivity contribution in [1.29, 1.82) is 0 Å². The first-order valence-corrected chi connectivity index (χ1v) is 23.3. The van der Waals surface area contributed by atoms with E-state index in [4.69, 9.17) is 25.8 Å². The van der Waals surface area contributed by atoms with Crippen molar-refractivity contribution in [3.05, 3.63) is 79.1 Å². The molecule has 14 heteroatoms. The maximum absolute atomic E-state index is 17.5. The predicted molar refractivity (Wildman–Crippen MR) is 227 cm³/mol. The van der Waals surface area contributed by atoms with Crippen LogP contribution in [-0.2, 0) is 40.0 Å². The summed E-state index contributed by atoms with van der Waals surface area (Å²) >= 11 is 6.21. The van der Waals surface area contributed by atoms with Crippen molar-refractivity contribution in [2.75, 3.05) is 75.7 Å². The number of ether oxygens (including phenoxy) is 3. The van der Waals surface area contributed by atoms with Gasteiger partial charge in [-0.3, -0.25) is 4.79 Å². The molecule has 3 aromatic carbocycles. The molecule has 3 aromatic rings. The summed E-state index contributed by atoms with van der Waals surface area (Å²) in [4.78, 5) is 27.7. The van der Waals surface area contributed by atoms with Gasteiger partial charge in [0.25, 0.3) is 0 Å². The summed E-state index contributed by atoms with van der Waals surface area (Å²) in [5, 5.41) is 14.9. The number of nitrogens with zero attached hydrogens (tertiary/aromatic N) is 2. The van der Waals surface area contributed by atoms with Gasteiger partial charge in [0.1, 0.15) is 36.0 Å². The van der Waals surface area contributed by atoms with Crippen LogP contribution in [0.15, 0.2) is 17.0 Å². The Balaban J connectivity index is 1.15. The number of carbonyl (C=O) groups excluding carboxylic acids is 1. The molecular formula is C46H54ClF3N3O6S+. The summed E-state index contributed by atoms with van der Waals surface area (Å²) in [5.74, 6) is -5.53. The van der Waals surface area contributed by atoms with Crippen LogP contribution in [0.4, 0.5) is 18.9 Å². The monoisotopic (exact) mass is 868 g/mol. The van der Waals surface area contributed by atoms with E-state index >= 15 is 13.2 Å². The van der Waals surface area contributed by atoms with Gasteiger partial charge < -0.3 is 29.5 Å². The molecule has 1 amide bonds. The van der Waals surface area contributed by atoms with Gasteiger partial charge in [0, 0.05) is 83.7 Å². The highest BCUT2D eigenvalue weighted by Crippen LogP contribution is 2.49. The van der Waals surface area contributed by atoms with Gasteiger partial charge >= 0.3 is 5.97 Å². The first-order chi connectivity index (χ1) is 29.3. The number of halogens is 4. The van der Waals surface area contributed by atoms with Gasteiger partial charge in [0.15, 0.2) is 11.6 Å². The van der Waals surface area contributed by atoms with Crippen LogP contribution < -0.4 is 30.1 Å². The Morgan fingerprint density at radius 2 is 1.57 bits per heavy atom. The second-order valence-corrected chi connectivity index (χ2v) is 17.7. The Morgan fingerprint density at radius 1 is 0.817 bits per heavy atom. The lowest BCUT2D eigenvalue weighted by atomic mass is 9.82. The van der Waals surface area contributed by atoms with E-state index in [9.17, 15) is 14.7 Å². The number of carboxylic acid groups (broad SMARTS) is 1. The minimum absolute atomic E-state index is 0.153. The number of fused-ring (bicyclic) bond motifs is 4. The highest BCUT2D eigenvalue weighted by Gasteiger charge is 2.39. The molecule has 5 aliphatic heterocycles. The average molecular weight is 869 g/mol. The quantitative estimate of drug-likeness (QED) is 0.0383. The zero-order valence-corrected chi connectivity index (χ0v) is 35.7. The maximum atomic E-state index is 17.5. The van der Waals surface area contributed by atoms with E-state index in [-0.39, 0.29) is 18.7 Å². The van der Waals surface area contributed by atoms with E-state index < -0.39 is 51.1 Å². The fourth-order valence-electron chi connectivity index (χ4n) is 9.73. The molecule has 2 N–H and O–H groups in total. The van der Waals surface area contributed by atoms with E-state index in [1.807, 2.05) is 12.1 Å². The van der Waals surface area contributed by atoms with Crippen LogP contribution >= 0.6 is 23.4 Å². The van der Waals surface area contributed by atoms with Crippen LogP contribution in [0.5, 0.6) is 11.5 Å². The number of aromatic carboxylic acids is 1. The number of hydrogen-bond acceptors (Lipinski definition) is 7. The molecule has 5 heterocycles. The molecule has 0 saturated carbocycles. The predicted octanol–water partition coefficient (Wildman–Crippen LogP) is 7.06. The third-order valence-corrected chi connectivity index (χ3v) is 13.7. The zero-order valence-electron chi connectivity index (χ0n) is 34.1. The summed E-state index contributed by atoms with van der Waals surface area (Å²) in [6.07, 6.45) is 12.7. The van der Waals surface area contributed by atoms with Gasteiger partial charge in [-0.25, -0.2) is 22.5 Å². The molecule has 0 aromatic heterocycles. The number of carboxylic acids is 1. The summed E-state index contributed by atoms with van der Waals surface area (Å²) in [7, 11) is 0. The molecule has 0 atom stereocenters. The van der Waals surface area contributed by atoms with Crippen molar-refractivity contribution in [2.24, 2.45) is 0 Å². The summed E-state index contributed by atoms with van der Waals surface area (Å²) in [6.45, 7) is 5.40. The van der Waals surface area contributed by atoms with E-state index in [0.717, 1.165) is 137 Å². The van der Waals surface area contributed by atoms with Crippen molar-refractivity contribution < 1.29 is 42.1 Å². The molecule has 5 aliphatic rings. The second-order valence-electron chi connectivity index (χ2n) is 16.3. The van der Waals surface area contributed by atoms with Crippen LogP contribution in [0.1, 0.15) is 108 Å². The number of anilines is 1. The Bertz CT molecular complexity index is 2290. The number of aryl methyl sites for hydroxylation is 2. The Kier molecular flexibility index (Phi) is 13.9. The number of amides is 1. The van der Waals surface area contributed by atoms with Gasteiger partial charge in [-0.1, -0.05) is 12.8 Å². The van der Waals surface area contributed by atoms with Crippen LogP contribution in [0, 0.1) is 17.5 Å². The zero-order chi connectivity index (χ0) is 41.8. The van der Waals surface area contributed by atoms with E-state index in [0.29, 0.717) is 72.6 Å². The third-order valence-electron chi connectivity index (χ3n) is 12.4. The molecular weight excluding hydrogens is 815 g/mol. The van der Waals surface area contributed by atoms with Gasteiger partial charge in [-0.15, -0.1) is 23.4 Å². The van der Waals surface area contributed by atoms with E-state index in [1.165, 1.54) is 0 Å². The first-order valence-electron chi connectivity index (χ1n) is 21.8. The third kappa shape index (κ3) is 8.65. The minimum Gasteiger partial charge on any atom is -0.478 e. The highest BCUT2D eigenvalue weighted by molar-refractivity contribution is 8.00. The number of benzene rings is 3. The molecule has 0 saturated heterocycles. The van der Waals surface area contributed by atoms with Crippen LogP contribution in [-0.4, -0.2) is 87.8 Å². The van der Waals surface area contributed by atoms with Crippen LogP contribution in [0.2, 0.25) is 0 Å². The van der Waals surface area contributed by atoms with Crippen molar-refractivity contribution in [2.45, 2.75) is 94.8 Å². The lowest BCUT2D eigenvalue weighted by molar-refractivity contribution is -0.118. The second kappa shape index (κ2) is 19.5. The maximum Gasteiger partial charge on any atom is 0.339 e. The lowest BCUT2D eigenvalue weighted by Crippen LogP contribution is -2.41. The number of rotatable bonds is 17. The number of thioether (sulfide) groups is 1. The number of carbonyl (C=O) groups is 2. The molecule has 0 unspecified atom stereocenters. The fraction of sp³-hybridized carbons (Fsp3) is 0.543. The molecule has 322 valence electrons. The minimum atomic E-state index is -1.78. The SMILES string of the molecule is O=C(CSc1c(F)c(F)c(C(=O)O)c(C2=c3cc4c5c(c3Oc3c2cc2c6c3CCCN6CCCC2)CCC[N+]=5CCCC4)c1F)NCCOCCOCCCCCCCl. The van der Waals surface area contributed by atoms with Gasteiger partial charge in [0.05, 0.1) is 36.0 Å². The number of nitrogens with one attached hydrogen (secondary N) is 1. The Hall–Kier alpha value is -3.78. The Labute approximate surface area is 358 Å². The molecule has 0 fully saturated rings. The standard InChI is InChI=1S/C46H53ClF3N3O6S/c47-15-5-1-2-8-21-57-23-24-58-22-16-51-34(54)27-60-45-39(49)36(37(46(55)56)38(48)40(45)50)35-32-25-28-11-3-6-17-52-19-9-13-30(41(28)52)43(32)59-44-31-14-10-20-53-18-7-4-12-29(42(31)53)26-33(35)44/h25-26H,1-24,27H2,(H-,51,54,55,56)/p+1. The summed E-state index contributed by atoms with van der Waals surface area (Å²) in [5.41, 5.74) is 4.31. The largest absolute Gasteiger partial charge is 0.478 e. The molecule has 60 heavy (non-hydrogen) atoms. The van der Waals surface area contributed by atoms with E-state index in [2.05, 4.69) is 14.8 Å². The van der Waals surface area contributed by atoms with Gasteiger partial charge in [0.2, 0.25) is 11.3 Å². The number of hydrogen-bond donors (Lipinski definition) is 2. The van der Waals surface area contributed by atoms with Crippen LogP contribution in [0.25, 0.3) is 5.57 Å². The lowest BCUT2D eigenvalue weighted by Gasteiger charge is -2.35. The first kappa shape index (κ1) is 42.9. The van der Waals surface area contributed by atoms with Gasteiger partial charge in [-0.05, 0) is 81.9 Å². The molecule has 0 radical (unpaired) electrons. The molecule has 0 aliphatic carbocycles. The topological polar surface area (TPSA) is 100 Å². The van der Waals surface area contributed by atoms with Crippen molar-refractivity contribution in [3.8, 4) is 11.5 Å². The van der Waals surface area contributed by atoms with Crippen molar-refractivity contribution >= 4 is 46.5 Å². The molecule has 0 spiro atoms. The number of unbranched alkanes of at least 4 members (excludes halogenated alkanes) is 3.